The first-order valence-electron chi connectivity index (χ1n) is 23.6. The first-order chi connectivity index (χ1) is 27.2. The van der Waals surface area contributed by atoms with E-state index in [1.165, 1.54) is 180 Å². The van der Waals surface area contributed by atoms with Crippen LogP contribution >= 0.6 is 7.82 Å². The van der Waals surface area contributed by atoms with Crippen LogP contribution < -0.4 is 5.73 Å². The van der Waals surface area contributed by atoms with Gasteiger partial charge in [0, 0.05) is 13.0 Å². The average Bonchev–Trinajstić information content (AvgIpc) is 3.18. The predicted molar refractivity (Wildman–Crippen MR) is 231 cm³/mol. The lowest BCUT2D eigenvalue weighted by Gasteiger charge is -2.20. The fraction of sp³-hybridized carbons (Fsp3) is 0.956. The van der Waals surface area contributed by atoms with Crippen molar-refractivity contribution >= 4 is 19.8 Å². The minimum Gasteiger partial charge on any atom is -0.480 e. The van der Waals surface area contributed by atoms with E-state index in [0.29, 0.717) is 6.61 Å². The van der Waals surface area contributed by atoms with Gasteiger partial charge in [-0.25, -0.2) is 4.57 Å². The lowest BCUT2D eigenvalue weighted by Crippen LogP contribution is -2.34. The van der Waals surface area contributed by atoms with E-state index in [4.69, 9.17) is 29.4 Å². The SMILES string of the molecule is CCCCCCCCCCCCCCCCCCCCCCCCC(=O)O[C@H](COCCCCCCCCCCCCCC)COP(=O)(O)OC[C@H](N)C(=O)O. The van der Waals surface area contributed by atoms with E-state index in [1.54, 1.807) is 0 Å². The largest absolute Gasteiger partial charge is 0.480 e. The Kier molecular flexibility index (Phi) is 41.3. The molecule has 334 valence electrons. The second-order valence-electron chi connectivity index (χ2n) is 16.3. The first kappa shape index (κ1) is 55.0. The third-order valence-corrected chi connectivity index (χ3v) is 11.6. The minimum atomic E-state index is -4.61. The highest BCUT2D eigenvalue weighted by atomic mass is 31.2. The zero-order valence-corrected chi connectivity index (χ0v) is 37.4. The molecule has 0 aliphatic heterocycles. The molecule has 0 saturated heterocycles. The fourth-order valence-electron chi connectivity index (χ4n) is 6.96. The smallest absolute Gasteiger partial charge is 0.472 e. The number of carbonyl (C=O) groups excluding carboxylic acids is 1. The maximum atomic E-state index is 12.6. The maximum Gasteiger partial charge on any atom is 0.472 e. The van der Waals surface area contributed by atoms with E-state index in [9.17, 15) is 19.0 Å². The third-order valence-electron chi connectivity index (χ3n) is 10.6. The first-order valence-corrected chi connectivity index (χ1v) is 25.1. The number of ether oxygens (including phenoxy) is 2. The summed E-state index contributed by atoms with van der Waals surface area (Å²) in [5, 5.41) is 8.90. The lowest BCUT2D eigenvalue weighted by atomic mass is 10.0. The van der Waals surface area contributed by atoms with Crippen LogP contribution in [0.4, 0.5) is 0 Å². The molecular weight excluding hydrogens is 729 g/mol. The van der Waals surface area contributed by atoms with Gasteiger partial charge in [-0.15, -0.1) is 0 Å². The summed E-state index contributed by atoms with van der Waals surface area (Å²) in [5.74, 6) is -1.76. The quantitative estimate of drug-likeness (QED) is 0.0307. The standard InChI is InChI=1S/C45H90NO9P/c1-3-5-7-9-11-13-15-17-18-19-20-21-22-23-24-25-26-27-29-31-33-35-37-44(47)55-42(40-53-56(50,51)54-41-43(46)45(48)49)39-52-38-36-34-32-30-28-16-14-12-10-8-6-4-2/h42-43H,3-41,46H2,1-2H3,(H,48,49)(H,50,51)/t42-,43+/m1/s1. The Bertz CT molecular complexity index is 909. The Labute approximate surface area is 344 Å². The minimum absolute atomic E-state index is 0.0256. The molecule has 1 unspecified atom stereocenters. The van der Waals surface area contributed by atoms with E-state index in [2.05, 4.69) is 13.8 Å². The Hall–Kier alpha value is -1.03. The normalized spacial score (nSPS) is 13.8. The number of unbranched alkanes of at least 4 members (excludes halogenated alkanes) is 32. The van der Waals surface area contributed by atoms with Gasteiger partial charge in [-0.05, 0) is 12.8 Å². The highest BCUT2D eigenvalue weighted by Crippen LogP contribution is 2.43. The average molecular weight is 820 g/mol. The molecular formula is C45H90NO9P. The number of phosphoric ester groups is 1. The van der Waals surface area contributed by atoms with Gasteiger partial charge in [0.15, 0.2) is 0 Å². The number of carboxylic acid groups (broad SMARTS) is 1. The summed E-state index contributed by atoms with van der Waals surface area (Å²) < 4.78 is 33.4. The number of hydrogen-bond donors (Lipinski definition) is 3. The molecule has 0 bridgehead atoms. The fourth-order valence-corrected chi connectivity index (χ4v) is 7.74. The van der Waals surface area contributed by atoms with Crippen LogP contribution in [-0.2, 0) is 32.7 Å². The molecule has 56 heavy (non-hydrogen) atoms. The van der Waals surface area contributed by atoms with Gasteiger partial charge in [0.1, 0.15) is 12.1 Å². The number of nitrogens with two attached hydrogens (primary N) is 1. The van der Waals surface area contributed by atoms with E-state index in [-0.39, 0.29) is 13.0 Å². The summed E-state index contributed by atoms with van der Waals surface area (Å²) in [7, 11) is -4.61. The number of hydrogen-bond acceptors (Lipinski definition) is 8. The van der Waals surface area contributed by atoms with Gasteiger partial charge < -0.3 is 25.2 Å². The topological polar surface area (TPSA) is 155 Å². The molecule has 0 fully saturated rings. The van der Waals surface area contributed by atoms with Crippen molar-refractivity contribution in [3.05, 3.63) is 0 Å². The molecule has 0 aromatic carbocycles. The zero-order chi connectivity index (χ0) is 41.2. The molecule has 0 saturated carbocycles. The molecule has 4 N–H and O–H groups in total. The van der Waals surface area contributed by atoms with Crippen molar-refractivity contribution < 1.29 is 42.7 Å². The van der Waals surface area contributed by atoms with E-state index in [1.807, 2.05) is 0 Å². The van der Waals surface area contributed by atoms with Crippen LogP contribution in [0.25, 0.3) is 0 Å². The van der Waals surface area contributed by atoms with Gasteiger partial charge in [-0.2, -0.15) is 0 Å². The Morgan fingerprint density at radius 1 is 0.500 bits per heavy atom. The van der Waals surface area contributed by atoms with Crippen LogP contribution in [0.3, 0.4) is 0 Å². The summed E-state index contributed by atoms with van der Waals surface area (Å²) in [6.45, 7) is 3.93. The predicted octanol–water partition coefficient (Wildman–Crippen LogP) is 13.2. The molecule has 11 heteroatoms. The number of carboxylic acids is 1. The molecule has 0 spiro atoms. The molecule has 10 nitrogen and oxygen atoms in total. The Morgan fingerprint density at radius 2 is 0.821 bits per heavy atom. The van der Waals surface area contributed by atoms with Crippen molar-refractivity contribution in [1.82, 2.24) is 0 Å². The molecule has 3 atom stereocenters. The van der Waals surface area contributed by atoms with Gasteiger partial charge >= 0.3 is 19.8 Å². The summed E-state index contributed by atoms with van der Waals surface area (Å²) in [4.78, 5) is 33.6. The maximum absolute atomic E-state index is 12.6. The van der Waals surface area contributed by atoms with Gasteiger partial charge in [-0.3, -0.25) is 18.6 Å². The van der Waals surface area contributed by atoms with Crippen LogP contribution in [0.5, 0.6) is 0 Å². The second-order valence-corrected chi connectivity index (χ2v) is 17.7. The van der Waals surface area contributed by atoms with Gasteiger partial charge in [0.05, 0.1) is 19.8 Å². The molecule has 0 amide bonds. The van der Waals surface area contributed by atoms with Gasteiger partial charge in [0.25, 0.3) is 0 Å². The summed E-state index contributed by atoms with van der Waals surface area (Å²) >= 11 is 0. The monoisotopic (exact) mass is 820 g/mol. The molecule has 0 radical (unpaired) electrons. The van der Waals surface area contributed by atoms with Crippen LogP contribution in [0.15, 0.2) is 0 Å². The van der Waals surface area contributed by atoms with Crippen molar-refractivity contribution in [2.75, 3.05) is 26.4 Å². The van der Waals surface area contributed by atoms with Crippen LogP contribution in [0.1, 0.15) is 239 Å². The van der Waals surface area contributed by atoms with Crippen LogP contribution in [-0.4, -0.2) is 60.5 Å². The van der Waals surface area contributed by atoms with Crippen LogP contribution in [0, 0.1) is 0 Å². The highest BCUT2D eigenvalue weighted by molar-refractivity contribution is 7.47. The van der Waals surface area contributed by atoms with E-state index < -0.39 is 45.1 Å². The van der Waals surface area contributed by atoms with E-state index in [0.717, 1.165) is 38.5 Å². The Morgan fingerprint density at radius 3 is 1.18 bits per heavy atom. The van der Waals surface area contributed by atoms with Crippen molar-refractivity contribution in [3.63, 3.8) is 0 Å². The van der Waals surface area contributed by atoms with Crippen molar-refractivity contribution in [3.8, 4) is 0 Å². The van der Waals surface area contributed by atoms with Gasteiger partial charge in [-0.1, -0.05) is 219 Å². The third kappa shape index (κ3) is 41.1. The molecule has 0 aromatic heterocycles. The van der Waals surface area contributed by atoms with Crippen molar-refractivity contribution in [2.45, 2.75) is 251 Å². The molecule has 0 rings (SSSR count). The van der Waals surface area contributed by atoms with Gasteiger partial charge in [0.2, 0.25) is 0 Å². The molecule has 0 aliphatic rings. The highest BCUT2D eigenvalue weighted by Gasteiger charge is 2.27. The number of aliphatic carboxylic acids is 1. The number of rotatable bonds is 46. The number of esters is 1. The van der Waals surface area contributed by atoms with Crippen molar-refractivity contribution in [1.29, 1.82) is 0 Å². The number of carbonyl (C=O) groups is 2. The summed E-state index contributed by atoms with van der Waals surface area (Å²) in [6, 6.07) is -1.47. The Balaban J connectivity index is 4.07. The second kappa shape index (κ2) is 42.1. The summed E-state index contributed by atoms with van der Waals surface area (Å²) in [6.07, 6.45) is 43.0. The van der Waals surface area contributed by atoms with Crippen molar-refractivity contribution in [2.24, 2.45) is 5.73 Å². The number of phosphoric acid groups is 1. The van der Waals surface area contributed by atoms with Crippen LogP contribution in [0.2, 0.25) is 0 Å². The zero-order valence-electron chi connectivity index (χ0n) is 36.5. The molecule has 0 aromatic rings. The summed E-state index contributed by atoms with van der Waals surface area (Å²) in [5.41, 5.74) is 5.36. The lowest BCUT2D eigenvalue weighted by molar-refractivity contribution is -0.154. The van der Waals surface area contributed by atoms with E-state index >= 15 is 0 Å². The molecule has 0 heterocycles. The molecule has 0 aliphatic carbocycles.